The van der Waals surface area contributed by atoms with Crippen molar-refractivity contribution in [3.05, 3.63) is 63.6 Å². The minimum Gasteiger partial charge on any atom is -0.503 e. The molecule has 2 N–H and O–H groups in total. The van der Waals surface area contributed by atoms with Crippen LogP contribution in [0.5, 0.6) is 5.75 Å². The minimum absolute atomic E-state index is 0.144. The Morgan fingerprint density at radius 2 is 1.96 bits per heavy atom. The monoisotopic (exact) mass is 401 g/mol. The first kappa shape index (κ1) is 20.1. The molecule has 0 saturated heterocycles. The van der Waals surface area contributed by atoms with Crippen molar-refractivity contribution in [3.63, 3.8) is 0 Å². The third-order valence-electron chi connectivity index (χ3n) is 4.65. The third-order valence-corrected chi connectivity index (χ3v) is 5.52. The highest BCUT2D eigenvalue weighted by Gasteiger charge is 2.44. The number of thiophene rings is 1. The maximum Gasteiger partial charge on any atom is 0.290 e. The fourth-order valence-corrected chi connectivity index (χ4v) is 3.94. The Labute approximate surface area is 168 Å². The van der Waals surface area contributed by atoms with Gasteiger partial charge in [-0.05, 0) is 36.1 Å². The number of aliphatic hydroxyl groups excluding tert-OH is 1. The lowest BCUT2D eigenvalue weighted by Crippen LogP contribution is -3.06. The van der Waals surface area contributed by atoms with E-state index in [-0.39, 0.29) is 11.4 Å². The highest BCUT2D eigenvalue weighted by atomic mass is 32.1. The van der Waals surface area contributed by atoms with Gasteiger partial charge in [0, 0.05) is 0 Å². The fourth-order valence-electron chi connectivity index (χ4n) is 3.26. The molecule has 1 amide bonds. The first-order valence-corrected chi connectivity index (χ1v) is 10.2. The number of ketones is 1. The molecular weight excluding hydrogens is 376 g/mol. The maximum atomic E-state index is 13.1. The second-order valence-corrected chi connectivity index (χ2v) is 7.88. The van der Waals surface area contributed by atoms with Gasteiger partial charge >= 0.3 is 0 Å². The van der Waals surface area contributed by atoms with Gasteiger partial charge in [-0.25, -0.2) is 0 Å². The number of Topliss-reactive ketones (excluding diaryl/α,β-unsaturated/α-hetero) is 1. The summed E-state index contributed by atoms with van der Waals surface area (Å²) in [6, 6.07) is 10.2. The Bertz CT molecular complexity index is 872. The van der Waals surface area contributed by atoms with E-state index in [4.69, 9.17) is 4.74 Å². The molecule has 1 aromatic heterocycles. The Kier molecular flexibility index (Phi) is 6.16. The summed E-state index contributed by atoms with van der Waals surface area (Å²) in [7, 11) is 3.99. The summed E-state index contributed by atoms with van der Waals surface area (Å²) in [4.78, 5) is 29.1. The topological polar surface area (TPSA) is 71.3 Å². The summed E-state index contributed by atoms with van der Waals surface area (Å²) >= 11 is 1.30. The van der Waals surface area contributed by atoms with Crippen molar-refractivity contribution in [3.8, 4) is 5.75 Å². The van der Waals surface area contributed by atoms with Crippen LogP contribution in [-0.4, -0.2) is 55.5 Å². The minimum atomic E-state index is -0.614. The summed E-state index contributed by atoms with van der Waals surface area (Å²) in [5.74, 6) is -0.537. The van der Waals surface area contributed by atoms with E-state index in [9.17, 15) is 14.7 Å². The fraction of sp³-hybridized carbons (Fsp3) is 0.333. The number of hydrogen-bond acceptors (Lipinski definition) is 5. The number of likely N-dealkylation sites (N-methyl/N-ethyl adjacent to an activating group) is 1. The number of amides is 1. The second-order valence-electron chi connectivity index (χ2n) is 6.93. The van der Waals surface area contributed by atoms with Gasteiger partial charge in [0.05, 0.1) is 50.3 Å². The van der Waals surface area contributed by atoms with Gasteiger partial charge in [0.15, 0.2) is 5.76 Å². The van der Waals surface area contributed by atoms with Crippen molar-refractivity contribution in [2.24, 2.45) is 0 Å². The van der Waals surface area contributed by atoms with Gasteiger partial charge in [0.1, 0.15) is 5.75 Å². The molecule has 0 saturated carbocycles. The molecule has 2 heterocycles. The van der Waals surface area contributed by atoms with Crippen molar-refractivity contribution in [2.75, 3.05) is 33.8 Å². The number of nitrogens with one attached hydrogen (secondary N) is 1. The molecule has 148 valence electrons. The van der Waals surface area contributed by atoms with E-state index in [0.29, 0.717) is 24.6 Å². The summed E-state index contributed by atoms with van der Waals surface area (Å²) < 4.78 is 5.49. The second kappa shape index (κ2) is 8.58. The number of aliphatic hydroxyl groups is 1. The van der Waals surface area contributed by atoms with E-state index in [1.165, 1.54) is 16.2 Å². The summed E-state index contributed by atoms with van der Waals surface area (Å²) in [5, 5.41) is 12.4. The van der Waals surface area contributed by atoms with Gasteiger partial charge in [0.25, 0.3) is 5.91 Å². The summed E-state index contributed by atoms with van der Waals surface area (Å²) in [5.41, 5.74) is 0.917. The van der Waals surface area contributed by atoms with E-state index in [2.05, 4.69) is 0 Å². The van der Waals surface area contributed by atoms with Gasteiger partial charge in [0.2, 0.25) is 5.78 Å². The zero-order valence-corrected chi connectivity index (χ0v) is 17.1. The van der Waals surface area contributed by atoms with Crippen LogP contribution < -0.4 is 9.64 Å². The smallest absolute Gasteiger partial charge is 0.290 e. The van der Waals surface area contributed by atoms with Crippen molar-refractivity contribution < 1.29 is 24.3 Å². The Balaban J connectivity index is 2.01. The zero-order valence-electron chi connectivity index (χ0n) is 16.3. The lowest BCUT2D eigenvalue weighted by atomic mass is 9.95. The number of hydrogen-bond donors (Lipinski definition) is 2. The molecule has 0 radical (unpaired) electrons. The van der Waals surface area contributed by atoms with E-state index < -0.39 is 17.7 Å². The predicted octanol–water partition coefficient (Wildman–Crippen LogP) is 1.87. The molecule has 0 unspecified atom stereocenters. The first-order valence-electron chi connectivity index (χ1n) is 9.28. The molecule has 3 rings (SSSR count). The van der Waals surface area contributed by atoms with Crippen LogP contribution >= 0.6 is 11.3 Å². The van der Waals surface area contributed by atoms with Crippen LogP contribution in [0.3, 0.4) is 0 Å². The van der Waals surface area contributed by atoms with Gasteiger partial charge in [-0.3, -0.25) is 9.59 Å². The molecule has 1 aromatic carbocycles. The third kappa shape index (κ3) is 3.95. The van der Waals surface area contributed by atoms with Crippen molar-refractivity contribution >= 4 is 23.0 Å². The molecule has 1 aliphatic heterocycles. The molecule has 28 heavy (non-hydrogen) atoms. The molecule has 7 heteroatoms. The average Bonchev–Trinajstić information content (AvgIpc) is 3.29. The normalized spacial score (nSPS) is 16.9. The van der Waals surface area contributed by atoms with Crippen LogP contribution in [0.2, 0.25) is 0 Å². The Morgan fingerprint density at radius 1 is 1.25 bits per heavy atom. The molecule has 2 aromatic rings. The summed E-state index contributed by atoms with van der Waals surface area (Å²) in [6.45, 7) is 3.60. The quantitative estimate of drug-likeness (QED) is 0.663. The number of quaternary nitrogens is 1. The molecule has 0 aliphatic carbocycles. The standard InChI is InChI=1S/C21H24N2O4S/c1-4-27-15-9-7-14(8-10-15)18-17(19(24)16-6-5-13-28-16)20(25)21(26)23(18)12-11-22(2)3/h5-10,13,18,25H,4,11-12H2,1-3H3/p+1/t18-/m1/s1. The number of nitrogens with zero attached hydrogens (tertiary/aromatic N) is 1. The number of rotatable bonds is 8. The van der Waals surface area contributed by atoms with Gasteiger partial charge < -0.3 is 19.6 Å². The number of benzene rings is 1. The first-order chi connectivity index (χ1) is 13.4. The van der Waals surface area contributed by atoms with E-state index in [1.807, 2.05) is 45.3 Å². The lowest BCUT2D eigenvalue weighted by Gasteiger charge is -2.27. The van der Waals surface area contributed by atoms with Crippen LogP contribution in [-0.2, 0) is 4.79 Å². The Morgan fingerprint density at radius 3 is 2.54 bits per heavy atom. The number of ether oxygens (including phenoxy) is 1. The molecule has 0 bridgehead atoms. The van der Waals surface area contributed by atoms with Crippen LogP contribution in [0.25, 0.3) is 0 Å². The molecule has 6 nitrogen and oxygen atoms in total. The maximum absolute atomic E-state index is 13.1. The highest BCUT2D eigenvalue weighted by Crippen LogP contribution is 2.39. The molecule has 1 atom stereocenters. The number of carbonyl (C=O) groups excluding carboxylic acids is 2. The van der Waals surface area contributed by atoms with Crippen LogP contribution in [0.1, 0.15) is 28.2 Å². The van der Waals surface area contributed by atoms with E-state index >= 15 is 0 Å². The molecule has 1 aliphatic rings. The SMILES string of the molecule is CCOc1ccc([C@@H]2C(C(=O)c3cccs3)=C(O)C(=O)N2CC[NH+](C)C)cc1. The van der Waals surface area contributed by atoms with Gasteiger partial charge in [-0.15, -0.1) is 11.3 Å². The van der Waals surface area contributed by atoms with Crippen molar-refractivity contribution in [1.82, 2.24) is 4.90 Å². The molecule has 0 spiro atoms. The van der Waals surface area contributed by atoms with Crippen molar-refractivity contribution in [2.45, 2.75) is 13.0 Å². The average molecular weight is 402 g/mol. The van der Waals surface area contributed by atoms with Crippen LogP contribution in [0.15, 0.2) is 53.1 Å². The number of carbonyl (C=O) groups is 2. The zero-order chi connectivity index (χ0) is 20.3. The molecule has 0 fully saturated rings. The van der Waals surface area contributed by atoms with Crippen LogP contribution in [0, 0.1) is 0 Å². The van der Waals surface area contributed by atoms with E-state index in [1.54, 1.807) is 22.4 Å². The Hall–Kier alpha value is -2.64. The summed E-state index contributed by atoms with van der Waals surface area (Å²) in [6.07, 6.45) is 0. The lowest BCUT2D eigenvalue weighted by molar-refractivity contribution is -0.857. The highest BCUT2D eigenvalue weighted by molar-refractivity contribution is 7.12. The van der Waals surface area contributed by atoms with Gasteiger partial charge in [-0.2, -0.15) is 0 Å². The van der Waals surface area contributed by atoms with E-state index in [0.717, 1.165) is 11.3 Å². The van der Waals surface area contributed by atoms with Crippen LogP contribution in [0.4, 0.5) is 0 Å². The van der Waals surface area contributed by atoms with Crippen molar-refractivity contribution in [1.29, 1.82) is 0 Å². The largest absolute Gasteiger partial charge is 0.503 e. The van der Waals surface area contributed by atoms with Gasteiger partial charge in [-0.1, -0.05) is 18.2 Å². The molecular formula is C21H25N2O4S+. The predicted molar refractivity (Wildman–Crippen MR) is 108 cm³/mol.